The number of hydrogen-bond donors (Lipinski definition) is 0. The highest BCUT2D eigenvalue weighted by Gasteiger charge is 2.51. The smallest absolute Gasteiger partial charge is 0.261 e. The summed E-state index contributed by atoms with van der Waals surface area (Å²) in [5, 5.41) is 2.86. The minimum Gasteiger partial charge on any atom is -0.404 e. The molecule has 128 valence electrons. The lowest BCUT2D eigenvalue weighted by atomic mass is 10.2. The van der Waals surface area contributed by atoms with E-state index in [1.165, 1.54) is 34.7 Å². The summed E-state index contributed by atoms with van der Waals surface area (Å²) < 4.78 is 7.14. The van der Waals surface area contributed by atoms with E-state index >= 15 is 0 Å². The SMILES string of the molecule is CC(C)(C)[Si](OC1CCSCC1)(c1ccccc1)c1ccccc1. The Balaban J connectivity index is 2.13. The third kappa shape index (κ3) is 3.49. The van der Waals surface area contributed by atoms with E-state index in [0.29, 0.717) is 6.10 Å². The van der Waals surface area contributed by atoms with Gasteiger partial charge in [-0.25, -0.2) is 0 Å². The molecule has 1 nitrogen and oxygen atoms in total. The fraction of sp³-hybridized carbons (Fsp3) is 0.429. The van der Waals surface area contributed by atoms with Crippen molar-refractivity contribution in [1.29, 1.82) is 0 Å². The Labute approximate surface area is 152 Å². The summed E-state index contributed by atoms with van der Waals surface area (Å²) in [7, 11) is -2.35. The van der Waals surface area contributed by atoms with Crippen molar-refractivity contribution in [1.82, 2.24) is 0 Å². The van der Waals surface area contributed by atoms with Crippen LogP contribution in [0, 0.1) is 0 Å². The third-order valence-corrected chi connectivity index (χ3v) is 11.1. The predicted octanol–water partition coefficient (Wildman–Crippen LogP) is 4.46. The molecule has 0 aromatic heterocycles. The molecule has 2 aromatic rings. The summed E-state index contributed by atoms with van der Waals surface area (Å²) in [6.45, 7) is 7.07. The maximum Gasteiger partial charge on any atom is 0.261 e. The highest BCUT2D eigenvalue weighted by Crippen LogP contribution is 2.38. The molecule has 0 bridgehead atoms. The first-order valence-electron chi connectivity index (χ1n) is 8.91. The summed E-state index contributed by atoms with van der Waals surface area (Å²) in [6, 6.07) is 22.0. The second kappa shape index (κ2) is 7.47. The summed E-state index contributed by atoms with van der Waals surface area (Å²) in [5.74, 6) is 2.45. The molecule has 0 saturated carbocycles. The van der Waals surface area contributed by atoms with Gasteiger partial charge in [0.25, 0.3) is 8.32 Å². The standard InChI is InChI=1S/C21H28OSSi/c1-21(2,3)24(19-10-6-4-7-11-19,20-12-8-5-9-13-20)22-18-14-16-23-17-15-18/h4-13,18H,14-17H2,1-3H3. The summed E-state index contributed by atoms with van der Waals surface area (Å²) in [6.07, 6.45) is 2.74. The van der Waals surface area contributed by atoms with Gasteiger partial charge in [-0.15, -0.1) is 0 Å². The van der Waals surface area contributed by atoms with Crippen molar-refractivity contribution in [3.63, 3.8) is 0 Å². The molecule has 0 atom stereocenters. The first-order chi connectivity index (χ1) is 11.5. The van der Waals surface area contributed by atoms with Crippen molar-refractivity contribution in [2.45, 2.75) is 44.8 Å². The van der Waals surface area contributed by atoms with Crippen molar-refractivity contribution in [2.75, 3.05) is 11.5 Å². The lowest BCUT2D eigenvalue weighted by molar-refractivity contribution is 0.178. The zero-order chi connectivity index (χ0) is 17.0. The molecule has 1 aliphatic heterocycles. The van der Waals surface area contributed by atoms with Gasteiger partial charge in [-0.2, -0.15) is 11.8 Å². The van der Waals surface area contributed by atoms with E-state index in [2.05, 4.69) is 93.2 Å². The Kier molecular flexibility index (Phi) is 5.53. The van der Waals surface area contributed by atoms with Crippen LogP contribution in [0.25, 0.3) is 0 Å². The fourth-order valence-electron chi connectivity index (χ4n) is 3.74. The fourth-order valence-corrected chi connectivity index (χ4v) is 9.55. The molecule has 0 unspecified atom stereocenters. The van der Waals surface area contributed by atoms with E-state index in [-0.39, 0.29) is 5.04 Å². The van der Waals surface area contributed by atoms with E-state index in [9.17, 15) is 0 Å². The Hall–Kier alpha value is -1.03. The van der Waals surface area contributed by atoms with Gasteiger partial charge in [-0.1, -0.05) is 81.4 Å². The van der Waals surface area contributed by atoms with Crippen LogP contribution >= 0.6 is 11.8 Å². The molecule has 0 N–H and O–H groups in total. The van der Waals surface area contributed by atoms with Crippen LogP contribution in [-0.4, -0.2) is 25.9 Å². The molecule has 0 amide bonds. The van der Waals surface area contributed by atoms with Crippen molar-refractivity contribution in [3.05, 3.63) is 60.7 Å². The van der Waals surface area contributed by atoms with Crippen LogP contribution in [0.5, 0.6) is 0 Å². The molecule has 3 heteroatoms. The molecule has 1 fully saturated rings. The number of hydrogen-bond acceptors (Lipinski definition) is 2. The highest BCUT2D eigenvalue weighted by atomic mass is 32.2. The second-order valence-electron chi connectivity index (χ2n) is 7.59. The molecule has 2 aromatic carbocycles. The van der Waals surface area contributed by atoms with E-state index < -0.39 is 8.32 Å². The maximum atomic E-state index is 7.14. The molecular formula is C21H28OSSi. The van der Waals surface area contributed by atoms with E-state index in [0.717, 1.165) is 0 Å². The van der Waals surface area contributed by atoms with Crippen LogP contribution < -0.4 is 10.4 Å². The van der Waals surface area contributed by atoms with Crippen LogP contribution in [0.15, 0.2) is 60.7 Å². The van der Waals surface area contributed by atoms with Gasteiger partial charge < -0.3 is 4.43 Å². The normalized spacial score (nSPS) is 17.0. The van der Waals surface area contributed by atoms with Crippen LogP contribution in [0.3, 0.4) is 0 Å². The molecular weight excluding hydrogens is 328 g/mol. The van der Waals surface area contributed by atoms with Gasteiger partial charge in [0.2, 0.25) is 0 Å². The number of benzene rings is 2. The lowest BCUT2D eigenvalue weighted by Crippen LogP contribution is -2.67. The van der Waals surface area contributed by atoms with Gasteiger partial charge in [0.05, 0.1) is 0 Å². The average Bonchev–Trinajstić information content (AvgIpc) is 2.61. The van der Waals surface area contributed by atoms with Crippen molar-refractivity contribution in [2.24, 2.45) is 0 Å². The van der Waals surface area contributed by atoms with Crippen LogP contribution in [0.1, 0.15) is 33.6 Å². The first-order valence-corrected chi connectivity index (χ1v) is 12.0. The largest absolute Gasteiger partial charge is 0.404 e. The summed E-state index contributed by atoms with van der Waals surface area (Å²) in [5.41, 5.74) is 0. The van der Waals surface area contributed by atoms with E-state index in [1.54, 1.807) is 0 Å². The Bertz CT molecular complexity index is 590. The molecule has 1 saturated heterocycles. The molecule has 1 aliphatic rings. The minimum atomic E-state index is -2.35. The second-order valence-corrected chi connectivity index (χ2v) is 13.1. The van der Waals surface area contributed by atoms with Gasteiger partial charge in [0.15, 0.2) is 0 Å². The van der Waals surface area contributed by atoms with E-state index in [4.69, 9.17) is 4.43 Å². The van der Waals surface area contributed by atoms with Crippen LogP contribution in [-0.2, 0) is 4.43 Å². The molecule has 0 spiro atoms. The number of thioether (sulfide) groups is 1. The van der Waals surface area contributed by atoms with Crippen molar-refractivity contribution < 1.29 is 4.43 Å². The molecule has 0 radical (unpaired) electrons. The Morgan fingerprint density at radius 1 is 0.833 bits per heavy atom. The molecule has 3 rings (SSSR count). The molecule has 24 heavy (non-hydrogen) atoms. The Morgan fingerprint density at radius 2 is 1.29 bits per heavy atom. The predicted molar refractivity (Wildman–Crippen MR) is 109 cm³/mol. The van der Waals surface area contributed by atoms with Crippen LogP contribution in [0.2, 0.25) is 5.04 Å². The Morgan fingerprint density at radius 3 is 1.71 bits per heavy atom. The van der Waals surface area contributed by atoms with Gasteiger partial charge in [0, 0.05) is 6.10 Å². The highest BCUT2D eigenvalue weighted by molar-refractivity contribution is 7.99. The van der Waals surface area contributed by atoms with Gasteiger partial charge in [-0.3, -0.25) is 0 Å². The van der Waals surface area contributed by atoms with Gasteiger partial charge in [-0.05, 0) is 39.8 Å². The zero-order valence-corrected chi connectivity index (χ0v) is 16.8. The third-order valence-electron chi connectivity index (χ3n) is 4.93. The quantitative estimate of drug-likeness (QED) is 0.748. The van der Waals surface area contributed by atoms with E-state index in [1.807, 2.05) is 0 Å². The summed E-state index contributed by atoms with van der Waals surface area (Å²) >= 11 is 2.06. The monoisotopic (exact) mass is 356 g/mol. The lowest BCUT2D eigenvalue weighted by Gasteiger charge is -2.45. The molecule has 0 aliphatic carbocycles. The first kappa shape index (κ1) is 17.8. The topological polar surface area (TPSA) is 9.23 Å². The average molecular weight is 357 g/mol. The number of rotatable bonds is 4. The van der Waals surface area contributed by atoms with Crippen molar-refractivity contribution >= 4 is 30.5 Å². The van der Waals surface area contributed by atoms with Crippen LogP contribution in [0.4, 0.5) is 0 Å². The van der Waals surface area contributed by atoms with Gasteiger partial charge in [0.1, 0.15) is 0 Å². The van der Waals surface area contributed by atoms with Crippen molar-refractivity contribution in [3.8, 4) is 0 Å². The zero-order valence-electron chi connectivity index (χ0n) is 15.0. The molecule has 1 heterocycles. The van der Waals surface area contributed by atoms with Gasteiger partial charge >= 0.3 is 0 Å². The summed E-state index contributed by atoms with van der Waals surface area (Å²) in [4.78, 5) is 0. The minimum absolute atomic E-state index is 0.0836. The maximum absolute atomic E-state index is 7.14.